The number of carbonyl (C=O) groups excluding carboxylic acids is 1. The Morgan fingerprint density at radius 1 is 1.20 bits per heavy atom. The molecule has 41 heavy (non-hydrogen) atoms. The van der Waals surface area contributed by atoms with Crippen LogP contribution >= 0.6 is 0 Å². The molecule has 3 aromatic rings. The minimum Gasteiger partial charge on any atom is -0.390 e. The summed E-state index contributed by atoms with van der Waals surface area (Å²) in [6.45, 7) is 8.38. The highest BCUT2D eigenvalue weighted by Crippen LogP contribution is 2.29. The van der Waals surface area contributed by atoms with E-state index in [1.807, 2.05) is 12.3 Å². The Hall–Kier alpha value is -3.35. The molecule has 11 nitrogen and oxygen atoms in total. The van der Waals surface area contributed by atoms with E-state index >= 15 is 0 Å². The number of anilines is 3. The molecule has 3 aliphatic rings. The number of nitrogens with zero attached hydrogens (tertiary/aromatic N) is 6. The summed E-state index contributed by atoms with van der Waals surface area (Å²) in [7, 11) is 0. The van der Waals surface area contributed by atoms with Gasteiger partial charge in [-0.3, -0.25) is 9.69 Å². The molecular weight excluding hydrogens is 527 g/mol. The molecule has 6 rings (SSSR count). The van der Waals surface area contributed by atoms with Crippen molar-refractivity contribution < 1.29 is 19.0 Å². The summed E-state index contributed by atoms with van der Waals surface area (Å²) < 4.78 is 21.6. The van der Waals surface area contributed by atoms with E-state index < -0.39 is 12.3 Å². The fourth-order valence-electron chi connectivity index (χ4n) is 5.84. The molecular formula is C29H39FN8O3. The van der Waals surface area contributed by atoms with Crippen LogP contribution in [0, 0.1) is 0 Å². The summed E-state index contributed by atoms with van der Waals surface area (Å²) in [6, 6.07) is 4.55. The maximum absolute atomic E-state index is 14.1. The predicted octanol–water partition coefficient (Wildman–Crippen LogP) is 3.04. The van der Waals surface area contributed by atoms with Crippen molar-refractivity contribution in [1.82, 2.24) is 29.7 Å². The number of aliphatic hydroxyl groups excluding tert-OH is 1. The molecule has 12 heteroatoms. The number of aliphatic hydroxyl groups is 1. The third-order valence-electron chi connectivity index (χ3n) is 8.72. The van der Waals surface area contributed by atoms with Crippen molar-refractivity contribution in [2.24, 2.45) is 0 Å². The van der Waals surface area contributed by atoms with Crippen LogP contribution in [-0.4, -0.2) is 99.2 Å². The largest absolute Gasteiger partial charge is 0.390 e. The number of pyridine rings is 1. The third-order valence-corrected chi connectivity index (χ3v) is 8.72. The summed E-state index contributed by atoms with van der Waals surface area (Å²) in [5.74, 6) is 1.45. The van der Waals surface area contributed by atoms with E-state index in [0.29, 0.717) is 42.2 Å². The Bertz CT molecular complexity index is 1370. The lowest BCUT2D eigenvalue weighted by molar-refractivity contribution is -0.0716. The fraction of sp³-hybridized carbons (Fsp3) is 0.586. The van der Waals surface area contributed by atoms with Crippen LogP contribution in [0.5, 0.6) is 0 Å². The highest BCUT2D eigenvalue weighted by Gasteiger charge is 2.31. The molecule has 1 unspecified atom stereocenters. The van der Waals surface area contributed by atoms with Gasteiger partial charge in [0.1, 0.15) is 17.8 Å². The Labute approximate surface area is 239 Å². The van der Waals surface area contributed by atoms with Crippen molar-refractivity contribution >= 4 is 34.4 Å². The molecule has 0 saturated carbocycles. The van der Waals surface area contributed by atoms with E-state index in [4.69, 9.17) is 4.74 Å². The van der Waals surface area contributed by atoms with Crippen molar-refractivity contribution in [1.29, 1.82) is 0 Å². The zero-order chi connectivity index (χ0) is 28.5. The Morgan fingerprint density at radius 2 is 2.00 bits per heavy atom. The first-order valence-corrected chi connectivity index (χ1v) is 14.7. The van der Waals surface area contributed by atoms with Crippen molar-refractivity contribution in [3.8, 4) is 0 Å². The smallest absolute Gasteiger partial charge is 0.253 e. The van der Waals surface area contributed by atoms with Gasteiger partial charge in [-0.15, -0.1) is 0 Å². The minimum atomic E-state index is -1.33. The molecule has 3 aromatic heterocycles. The number of aromatic nitrogens is 4. The number of likely N-dealkylation sites (tertiary alicyclic amines) is 1. The van der Waals surface area contributed by atoms with Gasteiger partial charge in [-0.2, -0.15) is 4.98 Å². The monoisotopic (exact) mass is 566 g/mol. The van der Waals surface area contributed by atoms with Crippen LogP contribution in [0.3, 0.4) is 0 Å². The number of fused-ring (bicyclic) bond motifs is 1. The van der Waals surface area contributed by atoms with Crippen LogP contribution in [0.25, 0.3) is 10.9 Å². The van der Waals surface area contributed by atoms with Gasteiger partial charge in [-0.25, -0.2) is 14.4 Å². The minimum absolute atomic E-state index is 0.0523. The molecule has 3 saturated heterocycles. The number of ether oxygens (including phenoxy) is 1. The van der Waals surface area contributed by atoms with Gasteiger partial charge in [0.15, 0.2) is 0 Å². The van der Waals surface area contributed by atoms with Gasteiger partial charge >= 0.3 is 0 Å². The van der Waals surface area contributed by atoms with Crippen molar-refractivity contribution in [2.45, 2.75) is 69.9 Å². The molecule has 3 aliphatic heterocycles. The van der Waals surface area contributed by atoms with Crippen LogP contribution in [0.15, 0.2) is 30.7 Å². The normalized spacial score (nSPS) is 23.4. The van der Waals surface area contributed by atoms with Gasteiger partial charge in [-0.05, 0) is 38.7 Å². The first-order chi connectivity index (χ1) is 19.9. The summed E-state index contributed by atoms with van der Waals surface area (Å²) in [4.78, 5) is 31.2. The van der Waals surface area contributed by atoms with E-state index in [-0.39, 0.29) is 24.5 Å². The number of nitrogens with one attached hydrogen (secondary N) is 2. The zero-order valence-electron chi connectivity index (χ0n) is 23.7. The van der Waals surface area contributed by atoms with Crippen LogP contribution in [0.2, 0.25) is 0 Å². The summed E-state index contributed by atoms with van der Waals surface area (Å²) >= 11 is 0. The maximum atomic E-state index is 14.1. The number of hydrogen-bond acceptors (Lipinski definition) is 9. The van der Waals surface area contributed by atoms with Crippen LogP contribution < -0.4 is 15.5 Å². The van der Waals surface area contributed by atoms with Crippen molar-refractivity contribution in [2.75, 3.05) is 49.6 Å². The van der Waals surface area contributed by atoms with E-state index in [1.54, 1.807) is 23.4 Å². The molecule has 3 atom stereocenters. The van der Waals surface area contributed by atoms with E-state index in [0.717, 1.165) is 56.5 Å². The Balaban J connectivity index is 1.19. The number of piperidine rings is 2. The van der Waals surface area contributed by atoms with Crippen LogP contribution in [0.1, 0.15) is 55.9 Å². The van der Waals surface area contributed by atoms with Crippen LogP contribution in [-0.2, 0) is 4.74 Å². The molecule has 6 heterocycles. The van der Waals surface area contributed by atoms with Crippen LogP contribution in [0.4, 0.5) is 22.0 Å². The van der Waals surface area contributed by atoms with Gasteiger partial charge in [0.2, 0.25) is 5.95 Å². The topological polar surface area (TPSA) is 121 Å². The Morgan fingerprint density at radius 3 is 2.71 bits per heavy atom. The number of carbonyl (C=O) groups is 1. The zero-order valence-corrected chi connectivity index (χ0v) is 23.7. The van der Waals surface area contributed by atoms with Crippen molar-refractivity contribution in [3.63, 3.8) is 0 Å². The molecule has 0 aromatic carbocycles. The highest BCUT2D eigenvalue weighted by molar-refractivity contribution is 6.07. The highest BCUT2D eigenvalue weighted by atomic mass is 19.1. The number of rotatable bonds is 8. The lowest BCUT2D eigenvalue weighted by Crippen LogP contribution is -2.54. The van der Waals surface area contributed by atoms with Gasteiger partial charge in [0.25, 0.3) is 5.91 Å². The van der Waals surface area contributed by atoms with E-state index in [2.05, 4.69) is 48.9 Å². The first kappa shape index (κ1) is 27.8. The fourth-order valence-corrected chi connectivity index (χ4v) is 5.84. The molecule has 3 fully saturated rings. The molecule has 0 aliphatic carbocycles. The molecule has 0 spiro atoms. The molecule has 0 bridgehead atoms. The molecule has 220 valence electrons. The van der Waals surface area contributed by atoms with Gasteiger partial charge in [0.05, 0.1) is 43.0 Å². The maximum Gasteiger partial charge on any atom is 0.253 e. The SMILES string of the molecule is CCC(C)n1cc(C(=O)NC2CCN(C3COC3)CC2)c2cnc(Nc3ccnc(N4CC[C@H](O)[C@H](F)C4)n3)cc21. The number of halogens is 1. The predicted molar refractivity (Wildman–Crippen MR) is 154 cm³/mol. The standard InChI is InChI=1S/C29H39FN8O3/c1-3-18(2)38-14-22(28(40)33-19-5-9-36(10-6-19)20-16-41-17-20)21-13-32-27(12-24(21)38)34-26-4-8-31-29(35-26)37-11-7-25(39)23(30)15-37/h4,8,12-14,18-20,23,25,39H,3,5-7,9-11,15-17H2,1-2H3,(H,33,40)(H,31,32,34,35)/t18?,23-,25+/m1/s1. The molecule has 1 amide bonds. The number of amides is 1. The van der Waals surface area contributed by atoms with E-state index in [1.165, 1.54) is 0 Å². The van der Waals surface area contributed by atoms with E-state index in [9.17, 15) is 14.3 Å². The average Bonchev–Trinajstić information content (AvgIpc) is 3.33. The number of alkyl halides is 1. The third kappa shape index (κ3) is 5.86. The van der Waals surface area contributed by atoms with Gasteiger partial charge in [-0.1, -0.05) is 6.92 Å². The summed E-state index contributed by atoms with van der Waals surface area (Å²) in [6.07, 6.45) is 6.14. The molecule has 0 radical (unpaired) electrons. The lowest BCUT2D eigenvalue weighted by atomic mass is 10.0. The first-order valence-electron chi connectivity index (χ1n) is 14.7. The number of hydrogen-bond donors (Lipinski definition) is 3. The van der Waals surface area contributed by atoms with Crippen molar-refractivity contribution in [3.05, 3.63) is 36.3 Å². The second-order valence-corrected chi connectivity index (χ2v) is 11.5. The lowest BCUT2D eigenvalue weighted by Gasteiger charge is -2.41. The molecule has 3 N–H and O–H groups in total. The Kier molecular flexibility index (Phi) is 8.05. The average molecular weight is 567 g/mol. The van der Waals surface area contributed by atoms with Gasteiger partial charge in [0, 0.05) is 61.8 Å². The summed E-state index contributed by atoms with van der Waals surface area (Å²) in [5.41, 5.74) is 1.55. The quantitative estimate of drug-likeness (QED) is 0.378. The second kappa shape index (κ2) is 11.9. The van der Waals surface area contributed by atoms with Gasteiger partial charge < -0.3 is 29.9 Å². The summed E-state index contributed by atoms with van der Waals surface area (Å²) in [5, 5.41) is 17.0. The second-order valence-electron chi connectivity index (χ2n) is 11.5.